The molecule has 1 amide bonds. The van der Waals surface area contributed by atoms with E-state index in [4.69, 9.17) is 4.74 Å². The van der Waals surface area contributed by atoms with E-state index in [1.165, 1.54) is 14.2 Å². The fraction of sp³-hybridized carbons (Fsp3) is 0.909. The fourth-order valence-corrected chi connectivity index (χ4v) is 2.30. The largest absolute Gasteiger partial charge is 0.384 e. The Morgan fingerprint density at radius 3 is 2.44 bits per heavy atom. The summed E-state index contributed by atoms with van der Waals surface area (Å²) >= 11 is 0. The molecule has 1 saturated heterocycles. The number of hydrogen-bond acceptors (Lipinski definition) is 3. The van der Waals surface area contributed by atoms with Gasteiger partial charge < -0.3 is 15.0 Å². The van der Waals surface area contributed by atoms with E-state index in [2.05, 4.69) is 5.32 Å². The van der Waals surface area contributed by atoms with E-state index in [1.54, 1.807) is 0 Å². The second-order valence-electron chi connectivity index (χ2n) is 4.54. The maximum absolute atomic E-state index is 12.3. The molecule has 0 aromatic rings. The van der Waals surface area contributed by atoms with Crippen molar-refractivity contribution in [3.63, 3.8) is 0 Å². The Kier molecular flexibility index (Phi) is 7.66. The maximum Gasteiger partial charge on any atom is 0.255 e. The first kappa shape index (κ1) is 17.5. The second kappa shape index (κ2) is 7.86. The summed E-state index contributed by atoms with van der Waals surface area (Å²) in [6, 6.07) is 0. The van der Waals surface area contributed by atoms with Crippen molar-refractivity contribution in [3.8, 4) is 0 Å². The minimum absolute atomic E-state index is 0. The smallest absolute Gasteiger partial charge is 0.255 e. The first-order valence-electron chi connectivity index (χ1n) is 5.75. The quantitative estimate of drug-likeness (QED) is 0.824. The minimum Gasteiger partial charge on any atom is -0.384 e. The number of amides is 1. The van der Waals surface area contributed by atoms with Crippen LogP contribution in [-0.4, -0.2) is 57.6 Å². The SMILES string of the molecule is COCC1(C(=O)N(C)CC(F)F)CCNCC1.Cl. The molecule has 18 heavy (non-hydrogen) atoms. The molecule has 1 aliphatic rings. The third kappa shape index (κ3) is 4.33. The Hall–Kier alpha value is -0.460. The normalized spacial score (nSPS) is 18.3. The van der Waals surface area contributed by atoms with Crippen LogP contribution < -0.4 is 5.32 Å². The Morgan fingerprint density at radius 1 is 1.44 bits per heavy atom. The second-order valence-corrected chi connectivity index (χ2v) is 4.54. The number of ether oxygens (including phenoxy) is 1. The molecule has 1 N–H and O–H groups in total. The number of hydrogen-bond donors (Lipinski definition) is 1. The number of carbonyl (C=O) groups is 1. The van der Waals surface area contributed by atoms with Gasteiger partial charge in [-0.25, -0.2) is 8.78 Å². The van der Waals surface area contributed by atoms with Crippen molar-refractivity contribution in [1.82, 2.24) is 10.2 Å². The van der Waals surface area contributed by atoms with Gasteiger partial charge in [0.05, 0.1) is 18.6 Å². The Bertz CT molecular complexity index is 256. The van der Waals surface area contributed by atoms with Gasteiger partial charge in [0.25, 0.3) is 6.43 Å². The van der Waals surface area contributed by atoms with Gasteiger partial charge in [-0.2, -0.15) is 0 Å². The van der Waals surface area contributed by atoms with E-state index < -0.39 is 18.4 Å². The predicted molar refractivity (Wildman–Crippen MR) is 67.3 cm³/mol. The predicted octanol–water partition coefficient (Wildman–Crippen LogP) is 1.15. The van der Waals surface area contributed by atoms with E-state index in [0.29, 0.717) is 19.4 Å². The average Bonchev–Trinajstić information content (AvgIpc) is 2.28. The molecule has 0 atom stereocenters. The summed E-state index contributed by atoms with van der Waals surface area (Å²) in [5.41, 5.74) is -0.635. The standard InChI is InChI=1S/C11H20F2N2O2.ClH/c1-15(7-9(12)13)10(16)11(8-17-2)3-5-14-6-4-11;/h9,14H,3-8H2,1-2H3;1H. The van der Waals surface area contributed by atoms with E-state index in [9.17, 15) is 13.6 Å². The van der Waals surface area contributed by atoms with E-state index in [0.717, 1.165) is 18.0 Å². The molecule has 1 heterocycles. The number of methoxy groups -OCH3 is 1. The summed E-state index contributed by atoms with van der Waals surface area (Å²) < 4.78 is 29.7. The molecule has 1 rings (SSSR count). The topological polar surface area (TPSA) is 41.6 Å². The van der Waals surface area contributed by atoms with Gasteiger partial charge in [0.1, 0.15) is 0 Å². The summed E-state index contributed by atoms with van der Waals surface area (Å²) in [7, 11) is 2.96. The average molecular weight is 287 g/mol. The van der Waals surface area contributed by atoms with Crippen LogP contribution in [-0.2, 0) is 9.53 Å². The highest BCUT2D eigenvalue weighted by molar-refractivity contribution is 5.85. The van der Waals surface area contributed by atoms with Crippen LogP contribution in [0.25, 0.3) is 0 Å². The molecule has 0 saturated carbocycles. The molecular formula is C11H21ClF2N2O2. The third-order valence-corrected chi connectivity index (χ3v) is 3.19. The van der Waals surface area contributed by atoms with Crippen LogP contribution in [0.5, 0.6) is 0 Å². The van der Waals surface area contributed by atoms with Crippen LogP contribution >= 0.6 is 12.4 Å². The maximum atomic E-state index is 12.3. The van der Waals surface area contributed by atoms with Gasteiger partial charge in [-0.15, -0.1) is 12.4 Å². The summed E-state index contributed by atoms with van der Waals surface area (Å²) in [6.07, 6.45) is -1.23. The number of rotatable bonds is 5. The van der Waals surface area contributed by atoms with Gasteiger partial charge in [0.15, 0.2) is 0 Å². The number of alkyl halides is 2. The lowest BCUT2D eigenvalue weighted by molar-refractivity contribution is -0.147. The molecule has 0 aromatic heterocycles. The molecular weight excluding hydrogens is 266 g/mol. The van der Waals surface area contributed by atoms with Crippen molar-refractivity contribution in [2.24, 2.45) is 5.41 Å². The number of piperidine rings is 1. The first-order valence-corrected chi connectivity index (χ1v) is 5.75. The molecule has 4 nitrogen and oxygen atoms in total. The summed E-state index contributed by atoms with van der Waals surface area (Å²) in [5, 5.41) is 3.16. The van der Waals surface area contributed by atoms with Gasteiger partial charge in [0.2, 0.25) is 5.91 Å². The van der Waals surface area contributed by atoms with Gasteiger partial charge in [0, 0.05) is 14.2 Å². The number of nitrogens with zero attached hydrogens (tertiary/aromatic N) is 1. The number of carbonyl (C=O) groups excluding carboxylic acids is 1. The van der Waals surface area contributed by atoms with Crippen molar-refractivity contribution >= 4 is 18.3 Å². The van der Waals surface area contributed by atoms with E-state index in [1.807, 2.05) is 0 Å². The summed E-state index contributed by atoms with van der Waals surface area (Å²) in [6.45, 7) is 1.22. The molecule has 108 valence electrons. The zero-order valence-electron chi connectivity index (χ0n) is 10.7. The van der Waals surface area contributed by atoms with Gasteiger partial charge in [-0.3, -0.25) is 4.79 Å². The van der Waals surface area contributed by atoms with Crippen LogP contribution in [0.15, 0.2) is 0 Å². The molecule has 0 radical (unpaired) electrons. The van der Waals surface area contributed by atoms with Crippen LogP contribution in [0.1, 0.15) is 12.8 Å². The molecule has 0 aromatic carbocycles. The first-order chi connectivity index (χ1) is 8.02. The number of nitrogens with one attached hydrogen (secondary N) is 1. The lowest BCUT2D eigenvalue weighted by Gasteiger charge is -2.38. The molecule has 0 spiro atoms. The highest BCUT2D eigenvalue weighted by Gasteiger charge is 2.41. The summed E-state index contributed by atoms with van der Waals surface area (Å²) in [4.78, 5) is 13.4. The molecule has 1 fully saturated rings. The zero-order chi connectivity index (χ0) is 12.9. The van der Waals surface area contributed by atoms with Gasteiger partial charge in [-0.1, -0.05) is 0 Å². The third-order valence-electron chi connectivity index (χ3n) is 3.19. The monoisotopic (exact) mass is 286 g/mol. The van der Waals surface area contributed by atoms with Gasteiger partial charge >= 0.3 is 0 Å². The van der Waals surface area contributed by atoms with Crippen molar-refractivity contribution < 1.29 is 18.3 Å². The Morgan fingerprint density at radius 2 is 2.00 bits per heavy atom. The van der Waals surface area contributed by atoms with Crippen LogP contribution in [0.2, 0.25) is 0 Å². The molecule has 0 aliphatic carbocycles. The summed E-state index contributed by atoms with van der Waals surface area (Å²) in [5.74, 6) is -0.235. The van der Waals surface area contributed by atoms with Crippen LogP contribution in [0.3, 0.4) is 0 Å². The molecule has 7 heteroatoms. The highest BCUT2D eigenvalue weighted by Crippen LogP contribution is 2.31. The van der Waals surface area contributed by atoms with Crippen LogP contribution in [0.4, 0.5) is 8.78 Å². The Labute approximate surface area is 112 Å². The van der Waals surface area contributed by atoms with Crippen molar-refractivity contribution in [1.29, 1.82) is 0 Å². The van der Waals surface area contributed by atoms with Gasteiger partial charge in [-0.05, 0) is 25.9 Å². The minimum atomic E-state index is -2.50. The van der Waals surface area contributed by atoms with Crippen molar-refractivity contribution in [3.05, 3.63) is 0 Å². The zero-order valence-corrected chi connectivity index (χ0v) is 11.6. The van der Waals surface area contributed by atoms with Crippen molar-refractivity contribution in [2.75, 3.05) is 40.4 Å². The lowest BCUT2D eigenvalue weighted by atomic mass is 9.78. The highest BCUT2D eigenvalue weighted by atomic mass is 35.5. The fourth-order valence-electron chi connectivity index (χ4n) is 2.30. The molecule has 0 unspecified atom stereocenters. The lowest BCUT2D eigenvalue weighted by Crippen LogP contribution is -2.51. The van der Waals surface area contributed by atoms with Crippen LogP contribution in [0, 0.1) is 5.41 Å². The van der Waals surface area contributed by atoms with E-state index >= 15 is 0 Å². The molecule has 0 bridgehead atoms. The Balaban J connectivity index is 0.00000289. The molecule has 1 aliphatic heterocycles. The van der Waals surface area contributed by atoms with Crippen molar-refractivity contribution in [2.45, 2.75) is 19.3 Å². The number of halogens is 3. The van der Waals surface area contributed by atoms with E-state index in [-0.39, 0.29) is 18.3 Å².